The summed E-state index contributed by atoms with van der Waals surface area (Å²) < 4.78 is 46.8. The Morgan fingerprint density at radius 3 is 2.57 bits per heavy atom. The summed E-state index contributed by atoms with van der Waals surface area (Å²) in [7, 11) is -3.23. The first kappa shape index (κ1) is 11.1. The average Bonchev–Trinajstić information content (AvgIpc) is 2.43. The third kappa shape index (κ3) is 1.91. The molecule has 1 aromatic rings. The molecular formula is C6H2ClF3N2OS. The van der Waals surface area contributed by atoms with E-state index in [0.29, 0.717) is 0 Å². The van der Waals surface area contributed by atoms with Gasteiger partial charge in [-0.25, -0.2) is 4.21 Å². The molecule has 76 valence electrons. The zero-order valence-electron chi connectivity index (χ0n) is 6.35. The zero-order chi connectivity index (χ0) is 10.9. The van der Waals surface area contributed by atoms with E-state index in [-0.39, 0.29) is 5.15 Å². The Morgan fingerprint density at radius 2 is 2.14 bits per heavy atom. The van der Waals surface area contributed by atoms with Gasteiger partial charge in [0.1, 0.15) is 16.8 Å². The Labute approximate surface area is 83.9 Å². The maximum atomic E-state index is 12.0. The summed E-state index contributed by atoms with van der Waals surface area (Å²) in [6.07, 6.45) is 0.810. The van der Waals surface area contributed by atoms with Gasteiger partial charge in [0.15, 0.2) is 10.8 Å². The molecular weight excluding hydrogens is 241 g/mol. The fourth-order valence-corrected chi connectivity index (χ4v) is 1.76. The van der Waals surface area contributed by atoms with Crippen molar-refractivity contribution in [2.75, 3.05) is 0 Å². The molecule has 1 N–H and O–H groups in total. The summed E-state index contributed by atoms with van der Waals surface area (Å²) in [4.78, 5) is 1.54. The minimum atomic E-state index is -4.89. The van der Waals surface area contributed by atoms with E-state index in [0.717, 1.165) is 6.20 Å². The molecule has 0 aliphatic rings. The molecule has 0 radical (unpaired) electrons. The van der Waals surface area contributed by atoms with Gasteiger partial charge in [-0.05, 0) is 0 Å². The topological polar surface area (TPSA) is 56.6 Å². The zero-order valence-corrected chi connectivity index (χ0v) is 7.93. The summed E-state index contributed by atoms with van der Waals surface area (Å²) in [5.74, 6) is 0. The number of hydrogen-bond donors (Lipinski definition) is 1. The van der Waals surface area contributed by atoms with Crippen LogP contribution in [0.25, 0.3) is 0 Å². The number of aromatic amines is 1. The molecule has 1 aromatic heterocycles. The van der Waals surface area contributed by atoms with E-state index in [1.54, 1.807) is 0 Å². The van der Waals surface area contributed by atoms with E-state index in [1.165, 1.54) is 6.07 Å². The monoisotopic (exact) mass is 242 g/mol. The molecule has 0 bridgehead atoms. The minimum Gasteiger partial charge on any atom is -0.350 e. The number of hydrogen-bond acceptors (Lipinski definition) is 2. The highest BCUT2D eigenvalue weighted by Gasteiger charge is 2.40. The number of nitrogens with zero attached hydrogens (tertiary/aromatic N) is 1. The van der Waals surface area contributed by atoms with Gasteiger partial charge in [-0.1, -0.05) is 11.6 Å². The molecule has 0 amide bonds. The Kier molecular flexibility index (Phi) is 2.87. The number of rotatable bonds is 1. The van der Waals surface area contributed by atoms with Crippen molar-refractivity contribution in [1.29, 1.82) is 5.26 Å². The van der Waals surface area contributed by atoms with E-state index in [9.17, 15) is 17.4 Å². The predicted molar refractivity (Wildman–Crippen MR) is 43.0 cm³/mol. The molecule has 1 rings (SSSR count). The van der Waals surface area contributed by atoms with Crippen LogP contribution in [-0.2, 0) is 10.8 Å². The molecule has 0 saturated carbocycles. The Morgan fingerprint density at radius 1 is 1.57 bits per heavy atom. The highest BCUT2D eigenvalue weighted by molar-refractivity contribution is 7.86. The third-order valence-electron chi connectivity index (χ3n) is 1.32. The lowest BCUT2D eigenvalue weighted by Gasteiger charge is -2.03. The van der Waals surface area contributed by atoms with Crippen LogP contribution in [0.4, 0.5) is 13.2 Å². The van der Waals surface area contributed by atoms with Crippen molar-refractivity contribution in [2.45, 2.75) is 10.4 Å². The fraction of sp³-hybridized carbons (Fsp3) is 0.167. The lowest BCUT2D eigenvalue weighted by atomic mass is 10.4. The van der Waals surface area contributed by atoms with Crippen LogP contribution in [0, 0.1) is 11.3 Å². The van der Waals surface area contributed by atoms with Gasteiger partial charge in [-0.3, -0.25) is 0 Å². The molecule has 0 fully saturated rings. The van der Waals surface area contributed by atoms with Crippen molar-refractivity contribution in [1.82, 2.24) is 4.98 Å². The molecule has 0 aromatic carbocycles. The van der Waals surface area contributed by atoms with Gasteiger partial charge in [0, 0.05) is 6.20 Å². The predicted octanol–water partition coefficient (Wildman–Crippen LogP) is 2.17. The van der Waals surface area contributed by atoms with Crippen LogP contribution in [0.2, 0.25) is 5.15 Å². The molecule has 0 spiro atoms. The first-order valence-corrected chi connectivity index (χ1v) is 4.66. The molecule has 0 saturated heterocycles. The van der Waals surface area contributed by atoms with E-state index in [2.05, 4.69) is 4.98 Å². The van der Waals surface area contributed by atoms with E-state index >= 15 is 0 Å². The van der Waals surface area contributed by atoms with Gasteiger partial charge in [0.05, 0.1) is 4.90 Å². The van der Waals surface area contributed by atoms with Crippen LogP contribution < -0.4 is 0 Å². The highest BCUT2D eigenvalue weighted by atomic mass is 35.5. The van der Waals surface area contributed by atoms with Gasteiger partial charge >= 0.3 is 5.51 Å². The molecule has 1 heterocycles. The second-order valence-corrected chi connectivity index (χ2v) is 3.99. The third-order valence-corrected chi connectivity index (χ3v) is 2.76. The minimum absolute atomic E-state index is 0.250. The first-order chi connectivity index (χ1) is 6.38. The number of H-pyrrole nitrogens is 1. The Balaban J connectivity index is 3.22. The summed E-state index contributed by atoms with van der Waals surface area (Å²) in [5, 5.41) is 8.20. The smallest absolute Gasteiger partial charge is 0.350 e. The second-order valence-electron chi connectivity index (χ2n) is 2.17. The lowest BCUT2D eigenvalue weighted by Crippen LogP contribution is -2.16. The molecule has 1 unspecified atom stereocenters. The van der Waals surface area contributed by atoms with E-state index < -0.39 is 26.8 Å². The van der Waals surface area contributed by atoms with E-state index in [4.69, 9.17) is 16.9 Å². The number of halogens is 4. The maximum absolute atomic E-state index is 12.0. The van der Waals surface area contributed by atoms with Crippen molar-refractivity contribution in [2.24, 2.45) is 0 Å². The van der Waals surface area contributed by atoms with Crippen molar-refractivity contribution in [3.8, 4) is 6.07 Å². The van der Waals surface area contributed by atoms with Gasteiger partial charge < -0.3 is 4.98 Å². The number of nitrogens with one attached hydrogen (secondary N) is 1. The molecule has 0 aliphatic carbocycles. The molecule has 1 atom stereocenters. The quantitative estimate of drug-likeness (QED) is 0.821. The van der Waals surface area contributed by atoms with Crippen LogP contribution >= 0.6 is 11.6 Å². The van der Waals surface area contributed by atoms with Crippen molar-refractivity contribution < 1.29 is 17.4 Å². The summed E-state index contributed by atoms with van der Waals surface area (Å²) in [5.41, 5.74) is -5.33. The van der Waals surface area contributed by atoms with Crippen molar-refractivity contribution in [3.63, 3.8) is 0 Å². The van der Waals surface area contributed by atoms with Gasteiger partial charge in [0.25, 0.3) is 0 Å². The van der Waals surface area contributed by atoms with Crippen LogP contribution in [0.5, 0.6) is 0 Å². The maximum Gasteiger partial charge on any atom is 0.475 e. The standard InChI is InChI=1S/C6H2ClF3N2OS/c7-5-3(1-11)4(2-12-5)14(13)6(8,9)10/h2,12H. The molecule has 8 heteroatoms. The average molecular weight is 243 g/mol. The fourth-order valence-electron chi connectivity index (χ4n) is 0.756. The SMILES string of the molecule is N#Cc1c(S(=O)C(F)(F)F)c[nH]c1Cl. The van der Waals surface area contributed by atoms with Gasteiger partial charge in [-0.2, -0.15) is 18.4 Å². The van der Waals surface area contributed by atoms with Gasteiger partial charge in [-0.15, -0.1) is 0 Å². The lowest BCUT2D eigenvalue weighted by molar-refractivity contribution is -0.0384. The summed E-state index contributed by atoms with van der Waals surface area (Å²) in [6, 6.07) is 1.44. The Hall–Kier alpha value is -1.00. The Bertz CT molecular complexity index is 420. The van der Waals surface area contributed by atoms with E-state index in [1.807, 2.05) is 0 Å². The van der Waals surface area contributed by atoms with Crippen LogP contribution in [0.1, 0.15) is 5.56 Å². The normalized spacial score (nSPS) is 13.6. The van der Waals surface area contributed by atoms with Crippen LogP contribution in [0.3, 0.4) is 0 Å². The number of aromatic nitrogens is 1. The second kappa shape index (κ2) is 3.63. The summed E-state index contributed by atoms with van der Waals surface area (Å²) >= 11 is 5.36. The van der Waals surface area contributed by atoms with Crippen molar-refractivity contribution >= 4 is 22.4 Å². The highest BCUT2D eigenvalue weighted by Crippen LogP contribution is 2.30. The van der Waals surface area contributed by atoms with Gasteiger partial charge in [0.2, 0.25) is 0 Å². The first-order valence-electron chi connectivity index (χ1n) is 3.13. The largest absolute Gasteiger partial charge is 0.475 e. The number of nitriles is 1. The number of alkyl halides is 3. The molecule has 0 aliphatic heterocycles. The molecule has 3 nitrogen and oxygen atoms in total. The molecule has 14 heavy (non-hydrogen) atoms. The van der Waals surface area contributed by atoms with Crippen LogP contribution in [-0.4, -0.2) is 14.7 Å². The summed E-state index contributed by atoms with van der Waals surface area (Å²) in [6.45, 7) is 0. The van der Waals surface area contributed by atoms with Crippen LogP contribution in [0.15, 0.2) is 11.1 Å². The van der Waals surface area contributed by atoms with Crippen molar-refractivity contribution in [3.05, 3.63) is 16.9 Å².